The van der Waals surface area contributed by atoms with E-state index in [-0.39, 0.29) is 5.91 Å². The number of quaternary nitrogens is 1. The SMILES string of the molecule is Cc1ccccc1C[NH2+]C[C@@H](O)CN1CCCC1=O. The predicted octanol–water partition coefficient (Wildman–Crippen LogP) is 0.0417. The molecule has 0 aliphatic carbocycles. The monoisotopic (exact) mass is 263 g/mol. The molecule has 19 heavy (non-hydrogen) atoms. The Morgan fingerprint density at radius 1 is 1.42 bits per heavy atom. The van der Waals surface area contributed by atoms with Crippen molar-refractivity contribution < 1.29 is 15.2 Å². The molecule has 0 spiro atoms. The van der Waals surface area contributed by atoms with Crippen molar-refractivity contribution in [3.63, 3.8) is 0 Å². The normalized spacial score (nSPS) is 16.9. The van der Waals surface area contributed by atoms with Crippen LogP contribution in [0.15, 0.2) is 24.3 Å². The largest absolute Gasteiger partial charge is 0.385 e. The first kappa shape index (κ1) is 14.0. The van der Waals surface area contributed by atoms with E-state index >= 15 is 0 Å². The number of aliphatic hydroxyl groups is 1. The quantitative estimate of drug-likeness (QED) is 0.761. The van der Waals surface area contributed by atoms with Crippen molar-refractivity contribution in [1.29, 1.82) is 0 Å². The van der Waals surface area contributed by atoms with Gasteiger partial charge in [0.25, 0.3) is 0 Å². The number of β-amino-alcohol motifs (C(OH)–C–C–N with tert-alkyl or cyclic N) is 1. The molecule has 3 N–H and O–H groups in total. The molecule has 0 saturated carbocycles. The molecule has 4 nitrogen and oxygen atoms in total. The Morgan fingerprint density at radius 3 is 2.89 bits per heavy atom. The molecule has 2 rings (SSSR count). The molecule has 0 unspecified atom stereocenters. The molecule has 0 bridgehead atoms. The van der Waals surface area contributed by atoms with Gasteiger partial charge in [0.05, 0.1) is 6.54 Å². The van der Waals surface area contributed by atoms with Crippen molar-refractivity contribution >= 4 is 5.91 Å². The number of carbonyl (C=O) groups excluding carboxylic acids is 1. The van der Waals surface area contributed by atoms with Gasteiger partial charge in [-0.15, -0.1) is 0 Å². The van der Waals surface area contributed by atoms with Crippen LogP contribution < -0.4 is 5.32 Å². The lowest BCUT2D eigenvalue weighted by atomic mass is 10.1. The van der Waals surface area contributed by atoms with Gasteiger partial charge in [-0.1, -0.05) is 24.3 Å². The van der Waals surface area contributed by atoms with Gasteiger partial charge in [-0.2, -0.15) is 0 Å². The van der Waals surface area contributed by atoms with Crippen molar-refractivity contribution in [2.24, 2.45) is 0 Å². The minimum atomic E-state index is -0.439. The lowest BCUT2D eigenvalue weighted by Gasteiger charge is -2.19. The summed E-state index contributed by atoms with van der Waals surface area (Å²) in [6.07, 6.45) is 1.13. The Hall–Kier alpha value is -1.39. The van der Waals surface area contributed by atoms with E-state index in [0.29, 0.717) is 19.5 Å². The minimum Gasteiger partial charge on any atom is -0.385 e. The van der Waals surface area contributed by atoms with Gasteiger partial charge in [0.15, 0.2) is 0 Å². The highest BCUT2D eigenvalue weighted by molar-refractivity contribution is 5.78. The Balaban J connectivity index is 1.70. The van der Waals surface area contributed by atoms with Gasteiger partial charge in [-0.05, 0) is 18.9 Å². The molecule has 4 heteroatoms. The van der Waals surface area contributed by atoms with Crippen molar-refractivity contribution in [2.45, 2.75) is 32.4 Å². The van der Waals surface area contributed by atoms with Gasteiger partial charge in [0, 0.05) is 18.5 Å². The predicted molar refractivity (Wildman–Crippen MR) is 73.5 cm³/mol. The zero-order valence-corrected chi connectivity index (χ0v) is 11.5. The molecule has 0 radical (unpaired) electrons. The second kappa shape index (κ2) is 6.68. The summed E-state index contributed by atoms with van der Waals surface area (Å²) in [7, 11) is 0. The molecule has 1 heterocycles. The maximum Gasteiger partial charge on any atom is 0.222 e. The fraction of sp³-hybridized carbons (Fsp3) is 0.533. The van der Waals surface area contributed by atoms with Crippen LogP contribution in [0.25, 0.3) is 0 Å². The topological polar surface area (TPSA) is 57.2 Å². The van der Waals surface area contributed by atoms with Gasteiger partial charge in [0.2, 0.25) is 5.91 Å². The average molecular weight is 263 g/mol. The minimum absolute atomic E-state index is 0.179. The first-order chi connectivity index (χ1) is 9.16. The summed E-state index contributed by atoms with van der Waals surface area (Å²) in [5.74, 6) is 0.179. The van der Waals surface area contributed by atoms with Crippen molar-refractivity contribution in [1.82, 2.24) is 4.90 Å². The van der Waals surface area contributed by atoms with Crippen LogP contribution in [-0.4, -0.2) is 41.7 Å². The van der Waals surface area contributed by atoms with Crippen LogP contribution in [0.4, 0.5) is 0 Å². The molecule has 1 amide bonds. The molecule has 1 aromatic rings. The number of nitrogens with zero attached hydrogens (tertiary/aromatic N) is 1. The number of amides is 1. The molecule has 1 saturated heterocycles. The van der Waals surface area contributed by atoms with Gasteiger partial charge in [-0.25, -0.2) is 0 Å². The Kier molecular flexibility index (Phi) is 4.93. The molecule has 1 atom stereocenters. The van der Waals surface area contributed by atoms with E-state index in [1.54, 1.807) is 4.90 Å². The van der Waals surface area contributed by atoms with E-state index in [1.807, 2.05) is 12.1 Å². The van der Waals surface area contributed by atoms with Crippen LogP contribution in [0.3, 0.4) is 0 Å². The summed E-state index contributed by atoms with van der Waals surface area (Å²) in [6, 6.07) is 8.28. The molecule has 1 aromatic carbocycles. The lowest BCUT2D eigenvalue weighted by molar-refractivity contribution is -0.676. The standard InChI is InChI=1S/C15H22N2O2/c1-12-5-2-3-6-13(12)9-16-10-14(18)11-17-8-4-7-15(17)19/h2-3,5-6,14,16,18H,4,7-11H2,1H3/p+1/t14-/m1/s1. The van der Waals surface area contributed by atoms with Gasteiger partial charge < -0.3 is 15.3 Å². The van der Waals surface area contributed by atoms with Gasteiger partial charge in [-0.3, -0.25) is 4.79 Å². The van der Waals surface area contributed by atoms with Crippen LogP contribution >= 0.6 is 0 Å². The maximum atomic E-state index is 11.5. The number of hydrogen-bond acceptors (Lipinski definition) is 2. The molecule has 104 valence electrons. The zero-order valence-electron chi connectivity index (χ0n) is 11.5. The summed E-state index contributed by atoms with van der Waals surface area (Å²) in [4.78, 5) is 13.2. The second-order valence-electron chi connectivity index (χ2n) is 5.25. The molecular formula is C15H23N2O2+. The van der Waals surface area contributed by atoms with E-state index in [4.69, 9.17) is 0 Å². The number of hydrogen-bond donors (Lipinski definition) is 2. The molecule has 1 aliphatic heterocycles. The van der Waals surface area contributed by atoms with Crippen LogP contribution in [0.5, 0.6) is 0 Å². The van der Waals surface area contributed by atoms with Crippen molar-refractivity contribution in [2.75, 3.05) is 19.6 Å². The number of rotatable bonds is 6. The number of nitrogens with two attached hydrogens (primary N) is 1. The van der Waals surface area contributed by atoms with Crippen LogP contribution in [0, 0.1) is 6.92 Å². The van der Waals surface area contributed by atoms with E-state index in [0.717, 1.165) is 19.5 Å². The number of likely N-dealkylation sites (tertiary alicyclic amines) is 1. The second-order valence-corrected chi connectivity index (χ2v) is 5.25. The van der Waals surface area contributed by atoms with Crippen LogP contribution in [0.1, 0.15) is 24.0 Å². The molecule has 1 aliphatic rings. The molecule has 1 fully saturated rings. The summed E-state index contributed by atoms with van der Waals surface area (Å²) in [6.45, 7) is 4.88. The number of aliphatic hydroxyl groups excluding tert-OH is 1. The molecule has 0 aromatic heterocycles. The third kappa shape index (κ3) is 4.04. The summed E-state index contributed by atoms with van der Waals surface area (Å²) >= 11 is 0. The zero-order chi connectivity index (χ0) is 13.7. The third-order valence-electron chi connectivity index (χ3n) is 3.67. The lowest BCUT2D eigenvalue weighted by Crippen LogP contribution is -2.85. The first-order valence-corrected chi connectivity index (χ1v) is 6.99. The van der Waals surface area contributed by atoms with Crippen molar-refractivity contribution in [3.05, 3.63) is 35.4 Å². The van der Waals surface area contributed by atoms with Gasteiger partial charge >= 0.3 is 0 Å². The summed E-state index contributed by atoms with van der Waals surface area (Å²) in [5.41, 5.74) is 2.58. The van der Waals surface area contributed by atoms with E-state index < -0.39 is 6.10 Å². The third-order valence-corrected chi connectivity index (χ3v) is 3.67. The van der Waals surface area contributed by atoms with Crippen LogP contribution in [-0.2, 0) is 11.3 Å². The highest BCUT2D eigenvalue weighted by Crippen LogP contribution is 2.09. The van der Waals surface area contributed by atoms with Crippen molar-refractivity contribution in [3.8, 4) is 0 Å². The Morgan fingerprint density at radius 2 is 2.21 bits per heavy atom. The van der Waals surface area contributed by atoms with E-state index in [9.17, 15) is 9.90 Å². The average Bonchev–Trinajstić information content (AvgIpc) is 2.77. The summed E-state index contributed by atoms with van der Waals surface area (Å²) in [5, 5.41) is 12.1. The fourth-order valence-electron chi connectivity index (χ4n) is 2.50. The number of benzene rings is 1. The fourth-order valence-corrected chi connectivity index (χ4v) is 2.50. The Bertz CT molecular complexity index is 434. The Labute approximate surface area is 114 Å². The smallest absolute Gasteiger partial charge is 0.222 e. The number of aryl methyl sites for hydroxylation is 1. The maximum absolute atomic E-state index is 11.5. The first-order valence-electron chi connectivity index (χ1n) is 6.99. The van der Waals surface area contributed by atoms with Gasteiger partial charge in [0.1, 0.15) is 19.2 Å². The summed E-state index contributed by atoms with van der Waals surface area (Å²) < 4.78 is 0. The van der Waals surface area contributed by atoms with E-state index in [1.165, 1.54) is 11.1 Å². The highest BCUT2D eigenvalue weighted by Gasteiger charge is 2.22. The number of carbonyl (C=O) groups is 1. The van der Waals surface area contributed by atoms with Crippen LogP contribution in [0.2, 0.25) is 0 Å². The highest BCUT2D eigenvalue weighted by atomic mass is 16.3. The molecular weight excluding hydrogens is 240 g/mol. The van der Waals surface area contributed by atoms with E-state index in [2.05, 4.69) is 24.4 Å².